The van der Waals surface area contributed by atoms with Crippen molar-refractivity contribution in [1.82, 2.24) is 0 Å². The summed E-state index contributed by atoms with van der Waals surface area (Å²) in [5, 5.41) is 11.0. The van der Waals surface area contributed by atoms with E-state index in [-0.39, 0.29) is 5.69 Å². The second-order valence-corrected chi connectivity index (χ2v) is 8.56. The van der Waals surface area contributed by atoms with Crippen molar-refractivity contribution < 1.29 is 33.5 Å². The fraction of sp³-hybridized carbons (Fsp3) is 0.471. The monoisotopic (exact) mass is 429 g/mol. The van der Waals surface area contributed by atoms with Crippen LogP contribution in [-0.4, -0.2) is 51.5 Å². The summed E-state index contributed by atoms with van der Waals surface area (Å²) in [6.45, 7) is 3.67. The van der Waals surface area contributed by atoms with Crippen molar-refractivity contribution in [3.05, 3.63) is 34.4 Å². The normalized spacial score (nSPS) is 24.1. The average Bonchev–Trinajstić information content (AvgIpc) is 2.59. The third kappa shape index (κ3) is 6.13. The molecule has 0 saturated carbocycles. The summed E-state index contributed by atoms with van der Waals surface area (Å²) in [7, 11) is 0. The van der Waals surface area contributed by atoms with Gasteiger partial charge in [-0.2, -0.15) is 0 Å². The molecule has 0 amide bonds. The summed E-state index contributed by atoms with van der Waals surface area (Å²) < 4.78 is 15.5. The zero-order chi connectivity index (χ0) is 20.8. The zero-order valence-corrected chi connectivity index (χ0v) is 17.0. The second-order valence-electron chi connectivity index (χ2n) is 5.87. The van der Waals surface area contributed by atoms with Gasteiger partial charge < -0.3 is 14.2 Å². The summed E-state index contributed by atoms with van der Waals surface area (Å²) in [6.07, 6.45) is -2.67. The quantitative estimate of drug-likeness (QED) is 0.288. The molecule has 0 spiro atoms. The molecular weight excluding hydrogens is 410 g/mol. The van der Waals surface area contributed by atoms with Crippen LogP contribution in [0.2, 0.25) is 0 Å². The molecule has 0 bridgehead atoms. The molecule has 11 heteroatoms. The van der Waals surface area contributed by atoms with E-state index in [9.17, 15) is 24.5 Å². The van der Waals surface area contributed by atoms with E-state index in [0.717, 1.165) is 0 Å². The number of carbonyl (C=O) groups excluding carboxylic acids is 3. The van der Waals surface area contributed by atoms with E-state index in [1.807, 2.05) is 0 Å². The van der Waals surface area contributed by atoms with E-state index in [1.54, 1.807) is 12.1 Å². The smallest absolute Gasteiger partial charge is 0.303 e. The van der Waals surface area contributed by atoms with Crippen LogP contribution in [0.3, 0.4) is 0 Å². The predicted molar refractivity (Wildman–Crippen MR) is 102 cm³/mol. The maximum absolute atomic E-state index is 11.6. The first kappa shape index (κ1) is 22.0. The molecule has 9 nitrogen and oxygen atoms in total. The van der Waals surface area contributed by atoms with Crippen molar-refractivity contribution in [3.63, 3.8) is 0 Å². The highest BCUT2D eigenvalue weighted by Gasteiger charge is 2.46. The number of nitro benzene ring substituents is 1. The molecule has 4 atom stereocenters. The number of nitrogens with zero attached hydrogens (tertiary/aromatic N) is 1. The van der Waals surface area contributed by atoms with Crippen molar-refractivity contribution in [2.75, 3.05) is 5.75 Å². The minimum Gasteiger partial charge on any atom is -0.458 e. The molecule has 1 saturated heterocycles. The molecule has 1 aromatic carbocycles. The van der Waals surface area contributed by atoms with Crippen LogP contribution in [0, 0.1) is 10.1 Å². The van der Waals surface area contributed by atoms with Crippen molar-refractivity contribution in [1.29, 1.82) is 0 Å². The lowest BCUT2D eigenvalue weighted by atomic mass is 10.1. The van der Waals surface area contributed by atoms with Gasteiger partial charge in [-0.05, 0) is 6.07 Å². The Morgan fingerprint density at radius 2 is 1.68 bits per heavy atom. The first-order valence-electron chi connectivity index (χ1n) is 8.21. The van der Waals surface area contributed by atoms with Gasteiger partial charge in [0, 0.05) is 43.6 Å². The Morgan fingerprint density at radius 3 is 2.25 bits per heavy atom. The summed E-state index contributed by atoms with van der Waals surface area (Å²) >= 11 is 2.60. The minimum atomic E-state index is -0.984. The van der Waals surface area contributed by atoms with Crippen LogP contribution >= 0.6 is 23.5 Å². The number of thioether (sulfide) groups is 2. The first-order chi connectivity index (χ1) is 13.2. The fourth-order valence-corrected chi connectivity index (χ4v) is 5.45. The zero-order valence-electron chi connectivity index (χ0n) is 15.4. The van der Waals surface area contributed by atoms with Gasteiger partial charge in [0.15, 0.2) is 18.3 Å². The van der Waals surface area contributed by atoms with Gasteiger partial charge in [-0.15, -0.1) is 23.5 Å². The molecule has 0 N–H and O–H groups in total. The Balaban J connectivity index is 2.30. The number of carbonyl (C=O) groups is 3. The van der Waals surface area contributed by atoms with E-state index in [2.05, 4.69) is 0 Å². The van der Waals surface area contributed by atoms with E-state index in [4.69, 9.17) is 14.2 Å². The largest absolute Gasteiger partial charge is 0.458 e. The number of nitro groups is 1. The lowest BCUT2D eigenvalue weighted by Crippen LogP contribution is -2.53. The van der Waals surface area contributed by atoms with Crippen LogP contribution < -0.4 is 0 Å². The van der Waals surface area contributed by atoms with Crippen molar-refractivity contribution in [2.45, 2.75) is 48.6 Å². The lowest BCUT2D eigenvalue weighted by Gasteiger charge is -2.39. The third-order valence-electron chi connectivity index (χ3n) is 3.59. The summed E-state index contributed by atoms with van der Waals surface area (Å²) in [5.74, 6) is -1.43. The number of esters is 3. The van der Waals surface area contributed by atoms with Gasteiger partial charge in [-0.3, -0.25) is 24.5 Å². The van der Waals surface area contributed by atoms with Gasteiger partial charge in [0.1, 0.15) is 0 Å². The molecule has 1 aliphatic heterocycles. The standard InChI is InChI=1S/C17H19NO8S2/c1-9(19)24-14-8-27-17(16(26-11(3)21)15(14)25-10(2)20)28-13-6-4-5-12(7-13)18(22)23/h4-7,14-17H,8H2,1-3H3/t14-,15+,16-,17+/m1/s1. The SMILES string of the molecule is CC(=O)O[C@@H]1[C@@H](OC(C)=O)[C@H](Sc2cccc([N+](=O)[O-])c2)SC[C@H]1OC(C)=O. The maximum Gasteiger partial charge on any atom is 0.303 e. The van der Waals surface area contributed by atoms with Gasteiger partial charge in [-0.1, -0.05) is 6.07 Å². The van der Waals surface area contributed by atoms with Crippen LogP contribution in [0.25, 0.3) is 0 Å². The molecule has 0 unspecified atom stereocenters. The van der Waals surface area contributed by atoms with Gasteiger partial charge in [-0.25, -0.2) is 0 Å². The molecule has 1 fully saturated rings. The van der Waals surface area contributed by atoms with Crippen LogP contribution in [0.1, 0.15) is 20.8 Å². The molecule has 1 aromatic rings. The van der Waals surface area contributed by atoms with Gasteiger partial charge in [0.25, 0.3) is 5.69 Å². The van der Waals surface area contributed by atoms with Crippen molar-refractivity contribution in [2.24, 2.45) is 0 Å². The average molecular weight is 429 g/mol. The molecule has 0 aliphatic carbocycles. The number of benzene rings is 1. The summed E-state index contributed by atoms with van der Waals surface area (Å²) in [5.41, 5.74) is -0.0656. The van der Waals surface area contributed by atoms with Crippen LogP contribution in [0.4, 0.5) is 5.69 Å². The molecule has 0 aromatic heterocycles. The van der Waals surface area contributed by atoms with E-state index < -0.39 is 45.7 Å². The highest BCUT2D eigenvalue weighted by atomic mass is 32.2. The van der Waals surface area contributed by atoms with Gasteiger partial charge >= 0.3 is 17.9 Å². The van der Waals surface area contributed by atoms with Crippen LogP contribution in [-0.2, 0) is 28.6 Å². The first-order valence-corrected chi connectivity index (χ1v) is 10.1. The van der Waals surface area contributed by atoms with E-state index in [0.29, 0.717) is 10.6 Å². The van der Waals surface area contributed by atoms with E-state index in [1.165, 1.54) is 56.4 Å². The Bertz CT molecular complexity index is 771. The fourth-order valence-electron chi connectivity index (χ4n) is 2.61. The molecule has 0 radical (unpaired) electrons. The highest BCUT2D eigenvalue weighted by Crippen LogP contribution is 2.42. The van der Waals surface area contributed by atoms with Gasteiger partial charge in [0.2, 0.25) is 0 Å². The molecule has 28 heavy (non-hydrogen) atoms. The summed E-state index contributed by atoms with van der Waals surface area (Å²) in [4.78, 5) is 45.7. The van der Waals surface area contributed by atoms with Crippen LogP contribution in [0.5, 0.6) is 0 Å². The van der Waals surface area contributed by atoms with Crippen LogP contribution in [0.15, 0.2) is 29.2 Å². The highest BCUT2D eigenvalue weighted by molar-refractivity contribution is 8.17. The van der Waals surface area contributed by atoms with Crippen molar-refractivity contribution >= 4 is 47.1 Å². The number of ether oxygens (including phenoxy) is 3. The predicted octanol–water partition coefficient (Wildman–Crippen LogP) is 2.55. The molecule has 1 heterocycles. The number of rotatable bonds is 6. The minimum absolute atomic E-state index is 0.0656. The van der Waals surface area contributed by atoms with E-state index >= 15 is 0 Å². The Labute approximate surface area is 169 Å². The molecule has 1 aliphatic rings. The Kier molecular flexibility index (Phi) is 7.69. The summed E-state index contributed by atoms with van der Waals surface area (Å²) in [6, 6.07) is 6.04. The number of hydrogen-bond acceptors (Lipinski definition) is 10. The lowest BCUT2D eigenvalue weighted by molar-refractivity contribution is -0.385. The Morgan fingerprint density at radius 1 is 1.07 bits per heavy atom. The number of hydrogen-bond donors (Lipinski definition) is 0. The molecule has 152 valence electrons. The van der Waals surface area contributed by atoms with Crippen molar-refractivity contribution in [3.8, 4) is 0 Å². The van der Waals surface area contributed by atoms with Gasteiger partial charge in [0.05, 0.1) is 9.51 Å². The number of non-ortho nitro benzene ring substituents is 1. The topological polar surface area (TPSA) is 122 Å². The third-order valence-corrected chi connectivity index (χ3v) is 6.43. The second kappa shape index (κ2) is 9.78. The molecule has 2 rings (SSSR count). The Hall–Kier alpha value is -2.27. The maximum atomic E-state index is 11.6. The molecular formula is C17H19NO8S2.